The van der Waals surface area contributed by atoms with E-state index in [4.69, 9.17) is 4.98 Å². The second-order valence-electron chi connectivity index (χ2n) is 6.17. The smallest absolute Gasteiger partial charge is 0.135 e. The van der Waals surface area contributed by atoms with Crippen molar-refractivity contribution in [2.75, 3.05) is 51.0 Å². The maximum Gasteiger partial charge on any atom is 0.135 e. The van der Waals surface area contributed by atoms with Gasteiger partial charge in [-0.05, 0) is 25.9 Å². The first-order chi connectivity index (χ1) is 9.49. The summed E-state index contributed by atoms with van der Waals surface area (Å²) in [5.74, 6) is 3.90. The number of nitrogens with zero attached hydrogens (tertiary/aromatic N) is 4. The van der Waals surface area contributed by atoms with Gasteiger partial charge in [-0.3, -0.25) is 0 Å². The molecular weight excluding hydrogens is 250 g/mol. The Kier molecular flexibility index (Phi) is 4.81. The molecule has 0 radical (unpaired) electrons. The highest BCUT2D eigenvalue weighted by Gasteiger charge is 2.21. The summed E-state index contributed by atoms with van der Waals surface area (Å²) in [5.41, 5.74) is 0. The average molecular weight is 277 g/mol. The summed E-state index contributed by atoms with van der Waals surface area (Å²) < 4.78 is 0. The van der Waals surface area contributed by atoms with Crippen LogP contribution in [0.15, 0.2) is 6.07 Å². The zero-order valence-electron chi connectivity index (χ0n) is 13.3. The first-order valence-corrected chi connectivity index (χ1v) is 7.46. The van der Waals surface area contributed by atoms with Gasteiger partial charge < -0.3 is 15.1 Å². The van der Waals surface area contributed by atoms with Crippen molar-refractivity contribution in [2.24, 2.45) is 5.92 Å². The van der Waals surface area contributed by atoms with Crippen LogP contribution in [0.4, 0.5) is 11.6 Å². The summed E-state index contributed by atoms with van der Waals surface area (Å²) >= 11 is 0. The number of hydrogen-bond acceptors (Lipinski definition) is 5. The van der Waals surface area contributed by atoms with Gasteiger partial charge >= 0.3 is 0 Å². The normalized spacial score (nSPS) is 19.6. The molecule has 1 N–H and O–H groups in total. The minimum Gasteiger partial charge on any atom is -0.373 e. The Morgan fingerprint density at radius 2 is 2.20 bits per heavy atom. The van der Waals surface area contributed by atoms with Crippen LogP contribution in [0, 0.1) is 5.92 Å². The lowest BCUT2D eigenvalue weighted by Gasteiger charge is -2.23. The molecule has 0 saturated carbocycles. The number of likely N-dealkylation sites (tertiary alicyclic amines) is 1. The molecule has 0 aliphatic carbocycles. The Morgan fingerprint density at radius 1 is 1.45 bits per heavy atom. The lowest BCUT2D eigenvalue weighted by atomic mass is 10.1. The maximum atomic E-state index is 4.70. The molecule has 1 unspecified atom stereocenters. The zero-order chi connectivity index (χ0) is 14.7. The fourth-order valence-corrected chi connectivity index (χ4v) is 2.69. The van der Waals surface area contributed by atoms with Gasteiger partial charge in [-0.15, -0.1) is 0 Å². The highest BCUT2D eigenvalue weighted by molar-refractivity contribution is 5.49. The monoisotopic (exact) mass is 277 g/mol. The molecule has 112 valence electrons. The standard InChI is InChI=1S/C15H27N5/c1-11(2)15-17-13(16-3)8-14(18-15)20(5)10-12-6-7-19(4)9-12/h8,11-12H,6-7,9-10H2,1-5H3,(H,16,17,18). The van der Waals surface area contributed by atoms with Crippen molar-refractivity contribution in [3.63, 3.8) is 0 Å². The van der Waals surface area contributed by atoms with Crippen molar-refractivity contribution < 1.29 is 0 Å². The Balaban J connectivity index is 2.11. The quantitative estimate of drug-likeness (QED) is 0.892. The van der Waals surface area contributed by atoms with Gasteiger partial charge in [0.25, 0.3) is 0 Å². The molecule has 1 aromatic rings. The topological polar surface area (TPSA) is 44.3 Å². The van der Waals surface area contributed by atoms with Crippen molar-refractivity contribution in [3.8, 4) is 0 Å². The van der Waals surface area contributed by atoms with E-state index in [0.29, 0.717) is 5.92 Å². The molecule has 1 aromatic heterocycles. The summed E-state index contributed by atoms with van der Waals surface area (Å²) in [6, 6.07) is 2.03. The number of rotatable bonds is 5. The van der Waals surface area contributed by atoms with Crippen molar-refractivity contribution in [2.45, 2.75) is 26.2 Å². The molecule has 1 saturated heterocycles. The van der Waals surface area contributed by atoms with Crippen LogP contribution in [-0.4, -0.2) is 55.6 Å². The van der Waals surface area contributed by atoms with Crippen molar-refractivity contribution in [1.29, 1.82) is 0 Å². The predicted octanol–water partition coefficient (Wildman–Crippen LogP) is 2.03. The van der Waals surface area contributed by atoms with Crippen LogP contribution in [0.3, 0.4) is 0 Å². The lowest BCUT2D eigenvalue weighted by Crippen LogP contribution is -2.28. The third kappa shape index (κ3) is 3.60. The van der Waals surface area contributed by atoms with Gasteiger partial charge in [0.15, 0.2) is 0 Å². The first-order valence-electron chi connectivity index (χ1n) is 7.46. The molecule has 1 aliphatic rings. The molecule has 2 heterocycles. The Morgan fingerprint density at radius 3 is 2.75 bits per heavy atom. The third-order valence-corrected chi connectivity index (χ3v) is 3.91. The van der Waals surface area contributed by atoms with E-state index < -0.39 is 0 Å². The summed E-state index contributed by atoms with van der Waals surface area (Å²) in [6.45, 7) is 7.71. The molecular formula is C15H27N5. The van der Waals surface area contributed by atoms with Crippen molar-refractivity contribution >= 4 is 11.6 Å². The molecule has 0 amide bonds. The van der Waals surface area contributed by atoms with Gasteiger partial charge in [0, 0.05) is 39.2 Å². The number of hydrogen-bond donors (Lipinski definition) is 1. The molecule has 5 nitrogen and oxygen atoms in total. The van der Waals surface area contributed by atoms with Gasteiger partial charge in [-0.1, -0.05) is 13.8 Å². The Bertz CT molecular complexity index is 446. The van der Waals surface area contributed by atoms with Crippen LogP contribution in [0.2, 0.25) is 0 Å². The van der Waals surface area contributed by atoms with E-state index in [1.54, 1.807) is 0 Å². The van der Waals surface area contributed by atoms with Crippen LogP contribution in [-0.2, 0) is 0 Å². The van der Waals surface area contributed by atoms with E-state index in [2.05, 4.69) is 48.0 Å². The Labute approximate surface area is 122 Å². The fourth-order valence-electron chi connectivity index (χ4n) is 2.69. The molecule has 0 spiro atoms. The zero-order valence-corrected chi connectivity index (χ0v) is 13.3. The molecule has 1 aliphatic heterocycles. The van der Waals surface area contributed by atoms with E-state index in [1.165, 1.54) is 19.5 Å². The molecule has 5 heteroatoms. The second kappa shape index (κ2) is 6.39. The first kappa shape index (κ1) is 15.0. The van der Waals surface area contributed by atoms with Gasteiger partial charge in [0.05, 0.1) is 0 Å². The van der Waals surface area contributed by atoms with Gasteiger partial charge in [-0.2, -0.15) is 0 Å². The van der Waals surface area contributed by atoms with Crippen molar-refractivity contribution in [1.82, 2.24) is 14.9 Å². The third-order valence-electron chi connectivity index (χ3n) is 3.91. The summed E-state index contributed by atoms with van der Waals surface area (Å²) in [5, 5.41) is 3.13. The van der Waals surface area contributed by atoms with E-state index >= 15 is 0 Å². The van der Waals surface area contributed by atoms with Crippen LogP contribution in [0.5, 0.6) is 0 Å². The molecule has 1 fully saturated rings. The average Bonchev–Trinajstić information content (AvgIpc) is 2.83. The molecule has 0 bridgehead atoms. The van der Waals surface area contributed by atoms with E-state index in [-0.39, 0.29) is 0 Å². The van der Waals surface area contributed by atoms with E-state index in [9.17, 15) is 0 Å². The molecule has 1 atom stereocenters. The number of aromatic nitrogens is 2. The van der Waals surface area contributed by atoms with Crippen LogP contribution in [0.25, 0.3) is 0 Å². The maximum absolute atomic E-state index is 4.70. The highest BCUT2D eigenvalue weighted by Crippen LogP contribution is 2.22. The predicted molar refractivity (Wildman–Crippen MR) is 84.5 cm³/mol. The van der Waals surface area contributed by atoms with Crippen molar-refractivity contribution in [3.05, 3.63) is 11.9 Å². The van der Waals surface area contributed by atoms with Gasteiger partial charge in [0.2, 0.25) is 0 Å². The minimum absolute atomic E-state index is 0.341. The minimum atomic E-state index is 0.341. The molecule has 2 rings (SSSR count). The highest BCUT2D eigenvalue weighted by atomic mass is 15.2. The SMILES string of the molecule is CNc1cc(N(C)CC2CCN(C)C2)nc(C(C)C)n1. The Hall–Kier alpha value is -1.36. The lowest BCUT2D eigenvalue weighted by molar-refractivity contribution is 0.395. The molecule has 0 aromatic carbocycles. The number of nitrogens with one attached hydrogen (secondary N) is 1. The van der Waals surface area contributed by atoms with Crippen LogP contribution >= 0.6 is 0 Å². The molecule has 20 heavy (non-hydrogen) atoms. The number of anilines is 2. The van der Waals surface area contributed by atoms with Crippen LogP contribution in [0.1, 0.15) is 32.0 Å². The second-order valence-corrected chi connectivity index (χ2v) is 6.17. The van der Waals surface area contributed by atoms with Gasteiger partial charge in [-0.25, -0.2) is 9.97 Å². The van der Waals surface area contributed by atoms with E-state index in [0.717, 1.165) is 29.9 Å². The summed E-state index contributed by atoms with van der Waals surface area (Å²) in [4.78, 5) is 13.9. The van der Waals surface area contributed by atoms with E-state index in [1.807, 2.05) is 13.1 Å². The summed E-state index contributed by atoms with van der Waals surface area (Å²) in [6.07, 6.45) is 1.28. The van der Waals surface area contributed by atoms with Crippen LogP contribution < -0.4 is 10.2 Å². The summed E-state index contributed by atoms with van der Waals surface area (Å²) in [7, 11) is 6.23. The van der Waals surface area contributed by atoms with Gasteiger partial charge in [0.1, 0.15) is 17.5 Å². The largest absolute Gasteiger partial charge is 0.373 e. The fraction of sp³-hybridized carbons (Fsp3) is 0.733.